The summed E-state index contributed by atoms with van der Waals surface area (Å²) in [4.78, 5) is 21.4. The van der Waals surface area contributed by atoms with Crippen molar-refractivity contribution >= 4 is 17.3 Å². The van der Waals surface area contributed by atoms with Gasteiger partial charge in [-0.15, -0.1) is 0 Å². The van der Waals surface area contributed by atoms with Gasteiger partial charge in [-0.2, -0.15) is 0 Å². The SMILES string of the molecule is O=C(O)c1cccc(NC2CCOCC2)c1[N+](=O)[O-]. The summed E-state index contributed by atoms with van der Waals surface area (Å²) in [7, 11) is 0. The first-order chi connectivity index (χ1) is 9.09. The number of aromatic carboxylic acids is 1. The highest BCUT2D eigenvalue weighted by Crippen LogP contribution is 2.30. The number of para-hydroxylation sites is 1. The summed E-state index contributed by atoms with van der Waals surface area (Å²) < 4.78 is 5.21. The third-order valence-corrected chi connectivity index (χ3v) is 3.03. The van der Waals surface area contributed by atoms with E-state index < -0.39 is 10.9 Å². The summed E-state index contributed by atoms with van der Waals surface area (Å²) in [6, 6.07) is 4.32. The Morgan fingerprint density at radius 1 is 1.42 bits per heavy atom. The van der Waals surface area contributed by atoms with E-state index in [1.54, 1.807) is 0 Å². The van der Waals surface area contributed by atoms with Crippen molar-refractivity contribution in [1.82, 2.24) is 0 Å². The fraction of sp³-hybridized carbons (Fsp3) is 0.417. The van der Waals surface area contributed by atoms with E-state index in [-0.39, 0.29) is 23.0 Å². The van der Waals surface area contributed by atoms with Gasteiger partial charge in [-0.3, -0.25) is 10.1 Å². The number of carboxylic acids is 1. The summed E-state index contributed by atoms with van der Waals surface area (Å²) in [6.45, 7) is 1.20. The molecule has 1 aliphatic rings. The number of carboxylic acid groups (broad SMARTS) is 1. The number of ether oxygens (including phenoxy) is 1. The highest BCUT2D eigenvalue weighted by molar-refractivity contribution is 5.95. The molecule has 0 bridgehead atoms. The minimum absolute atomic E-state index is 0.0662. The van der Waals surface area contributed by atoms with Crippen LogP contribution in [0.25, 0.3) is 0 Å². The van der Waals surface area contributed by atoms with Crippen LogP contribution in [-0.2, 0) is 4.74 Å². The van der Waals surface area contributed by atoms with Crippen molar-refractivity contribution in [2.24, 2.45) is 0 Å². The van der Waals surface area contributed by atoms with Gasteiger partial charge < -0.3 is 15.2 Å². The van der Waals surface area contributed by atoms with Crippen LogP contribution in [0, 0.1) is 10.1 Å². The van der Waals surface area contributed by atoms with Gasteiger partial charge >= 0.3 is 11.7 Å². The van der Waals surface area contributed by atoms with Crippen LogP contribution in [0.1, 0.15) is 23.2 Å². The maximum absolute atomic E-state index is 11.1. The minimum atomic E-state index is -1.30. The van der Waals surface area contributed by atoms with Crippen molar-refractivity contribution in [2.45, 2.75) is 18.9 Å². The first kappa shape index (κ1) is 13.3. The topological polar surface area (TPSA) is 102 Å². The van der Waals surface area contributed by atoms with Crippen LogP contribution in [0.15, 0.2) is 18.2 Å². The Bertz CT molecular complexity index is 497. The third-order valence-electron chi connectivity index (χ3n) is 3.03. The number of benzene rings is 1. The summed E-state index contributed by atoms with van der Waals surface area (Å²) >= 11 is 0. The highest BCUT2D eigenvalue weighted by atomic mass is 16.6. The van der Waals surface area contributed by atoms with E-state index in [0.717, 1.165) is 12.8 Å². The van der Waals surface area contributed by atoms with Gasteiger partial charge in [0.1, 0.15) is 11.3 Å². The van der Waals surface area contributed by atoms with Crippen molar-refractivity contribution in [3.8, 4) is 0 Å². The molecular formula is C12H14N2O5. The van der Waals surface area contributed by atoms with Gasteiger partial charge in [0.05, 0.1) is 4.92 Å². The van der Waals surface area contributed by atoms with Gasteiger partial charge in [-0.25, -0.2) is 4.79 Å². The maximum Gasteiger partial charge on any atom is 0.342 e. The fourth-order valence-corrected chi connectivity index (χ4v) is 2.09. The van der Waals surface area contributed by atoms with Crippen molar-refractivity contribution in [2.75, 3.05) is 18.5 Å². The van der Waals surface area contributed by atoms with E-state index in [0.29, 0.717) is 13.2 Å². The number of anilines is 1. The van der Waals surface area contributed by atoms with E-state index in [1.165, 1.54) is 18.2 Å². The van der Waals surface area contributed by atoms with Crippen LogP contribution < -0.4 is 5.32 Å². The lowest BCUT2D eigenvalue weighted by molar-refractivity contribution is -0.384. The number of carbonyl (C=O) groups is 1. The standard InChI is InChI=1S/C12H14N2O5/c15-12(16)9-2-1-3-10(11(9)14(17)18)13-8-4-6-19-7-5-8/h1-3,8,13H,4-7H2,(H,15,16). The molecule has 0 saturated carbocycles. The predicted octanol–water partition coefficient (Wildman–Crippen LogP) is 1.88. The van der Waals surface area contributed by atoms with Gasteiger partial charge in [0.2, 0.25) is 0 Å². The average molecular weight is 266 g/mol. The normalized spacial score (nSPS) is 16.0. The molecule has 1 aromatic rings. The van der Waals surface area contributed by atoms with Crippen molar-refractivity contribution in [3.05, 3.63) is 33.9 Å². The van der Waals surface area contributed by atoms with E-state index >= 15 is 0 Å². The van der Waals surface area contributed by atoms with Crippen LogP contribution in [-0.4, -0.2) is 35.3 Å². The smallest absolute Gasteiger partial charge is 0.342 e. The Balaban J connectivity index is 2.30. The van der Waals surface area contributed by atoms with E-state index in [2.05, 4.69) is 5.32 Å². The monoisotopic (exact) mass is 266 g/mol. The number of nitrogens with zero attached hydrogens (tertiary/aromatic N) is 1. The zero-order chi connectivity index (χ0) is 13.8. The molecule has 1 aliphatic heterocycles. The van der Waals surface area contributed by atoms with Crippen LogP contribution in [0.5, 0.6) is 0 Å². The van der Waals surface area contributed by atoms with Crippen molar-refractivity contribution in [1.29, 1.82) is 0 Å². The molecule has 2 rings (SSSR count). The second kappa shape index (κ2) is 5.66. The molecule has 19 heavy (non-hydrogen) atoms. The van der Waals surface area contributed by atoms with Crippen LogP contribution in [0.4, 0.5) is 11.4 Å². The lowest BCUT2D eigenvalue weighted by Crippen LogP contribution is -2.28. The Morgan fingerprint density at radius 3 is 2.68 bits per heavy atom. The molecule has 2 N–H and O–H groups in total. The second-order valence-electron chi connectivity index (χ2n) is 4.29. The first-order valence-electron chi connectivity index (χ1n) is 5.94. The molecule has 1 aromatic carbocycles. The molecule has 7 heteroatoms. The maximum atomic E-state index is 11.1. The molecule has 0 aromatic heterocycles. The number of nitrogens with one attached hydrogen (secondary N) is 1. The number of nitro groups is 1. The quantitative estimate of drug-likeness (QED) is 0.637. The predicted molar refractivity (Wildman–Crippen MR) is 67.5 cm³/mol. The molecule has 0 spiro atoms. The van der Waals surface area contributed by atoms with Gasteiger partial charge in [0.25, 0.3) is 0 Å². The summed E-state index contributed by atoms with van der Waals surface area (Å²) in [5.74, 6) is -1.30. The Kier molecular flexibility index (Phi) is 3.96. The van der Waals surface area contributed by atoms with Crippen LogP contribution in [0.2, 0.25) is 0 Å². The first-order valence-corrected chi connectivity index (χ1v) is 5.94. The minimum Gasteiger partial charge on any atom is -0.477 e. The molecule has 0 aliphatic carbocycles. The molecule has 1 heterocycles. The molecule has 1 fully saturated rings. The molecule has 7 nitrogen and oxygen atoms in total. The number of hydrogen-bond acceptors (Lipinski definition) is 5. The molecule has 0 radical (unpaired) electrons. The zero-order valence-electron chi connectivity index (χ0n) is 10.2. The lowest BCUT2D eigenvalue weighted by atomic mass is 10.1. The highest BCUT2D eigenvalue weighted by Gasteiger charge is 2.26. The number of hydrogen-bond donors (Lipinski definition) is 2. The Hall–Kier alpha value is -2.15. The Morgan fingerprint density at radius 2 is 2.11 bits per heavy atom. The summed E-state index contributed by atoms with van der Waals surface area (Å²) in [5, 5.41) is 23.1. The van der Waals surface area contributed by atoms with E-state index in [9.17, 15) is 14.9 Å². The molecule has 102 valence electrons. The van der Waals surface area contributed by atoms with Gasteiger partial charge in [0, 0.05) is 19.3 Å². The van der Waals surface area contributed by atoms with Crippen LogP contribution in [0.3, 0.4) is 0 Å². The molecule has 0 atom stereocenters. The molecule has 1 saturated heterocycles. The van der Waals surface area contributed by atoms with Crippen molar-refractivity contribution in [3.63, 3.8) is 0 Å². The van der Waals surface area contributed by atoms with Crippen LogP contribution >= 0.6 is 0 Å². The lowest BCUT2D eigenvalue weighted by Gasteiger charge is -2.24. The van der Waals surface area contributed by atoms with Gasteiger partial charge in [0.15, 0.2) is 0 Å². The fourth-order valence-electron chi connectivity index (χ4n) is 2.09. The molecule has 0 amide bonds. The molecule has 0 unspecified atom stereocenters. The second-order valence-corrected chi connectivity index (χ2v) is 4.29. The molecular weight excluding hydrogens is 252 g/mol. The average Bonchev–Trinajstić information content (AvgIpc) is 2.39. The van der Waals surface area contributed by atoms with Gasteiger partial charge in [-0.05, 0) is 25.0 Å². The van der Waals surface area contributed by atoms with E-state index in [1.807, 2.05) is 0 Å². The zero-order valence-corrected chi connectivity index (χ0v) is 10.2. The van der Waals surface area contributed by atoms with Gasteiger partial charge in [-0.1, -0.05) is 6.07 Å². The third kappa shape index (κ3) is 3.00. The Labute approximate surface area is 109 Å². The van der Waals surface area contributed by atoms with E-state index in [4.69, 9.17) is 9.84 Å². The number of nitro benzene ring substituents is 1. The summed E-state index contributed by atoms with van der Waals surface area (Å²) in [6.07, 6.45) is 1.49. The number of rotatable bonds is 4. The largest absolute Gasteiger partial charge is 0.477 e. The summed E-state index contributed by atoms with van der Waals surface area (Å²) in [5.41, 5.74) is -0.444. The van der Waals surface area contributed by atoms with Crippen molar-refractivity contribution < 1.29 is 19.6 Å².